The number of rotatable bonds is 10. The third-order valence-electron chi connectivity index (χ3n) is 6.12. The molecule has 0 radical (unpaired) electrons. The van der Waals surface area contributed by atoms with Crippen molar-refractivity contribution in [2.75, 3.05) is 32.7 Å². The third-order valence-corrected chi connectivity index (χ3v) is 7.83. The number of anilines is 1. The molecule has 0 spiro atoms. The molecule has 7 nitrogen and oxygen atoms in total. The van der Waals surface area contributed by atoms with E-state index in [0.29, 0.717) is 24.5 Å². The van der Waals surface area contributed by atoms with Crippen molar-refractivity contribution in [3.05, 3.63) is 72.3 Å². The fraction of sp³-hybridized carbons (Fsp3) is 0.321. The molecule has 4 rings (SSSR count). The molecule has 3 aromatic heterocycles. The van der Waals surface area contributed by atoms with Gasteiger partial charge in [0.05, 0.1) is 12.8 Å². The van der Waals surface area contributed by atoms with Gasteiger partial charge in [-0.05, 0) is 41.9 Å². The Morgan fingerprint density at radius 3 is 2.47 bits per heavy atom. The van der Waals surface area contributed by atoms with Gasteiger partial charge in [-0.1, -0.05) is 25.7 Å². The lowest BCUT2D eigenvalue weighted by Crippen LogP contribution is -2.22. The maximum absolute atomic E-state index is 13.5. The van der Waals surface area contributed by atoms with E-state index < -0.39 is 8.07 Å². The van der Waals surface area contributed by atoms with E-state index in [-0.39, 0.29) is 5.78 Å². The zero-order valence-electron chi connectivity index (χ0n) is 21.9. The fourth-order valence-corrected chi connectivity index (χ4v) is 4.79. The summed E-state index contributed by atoms with van der Waals surface area (Å²) in [5, 5.41) is 0.791. The minimum absolute atomic E-state index is 0.0669. The van der Waals surface area contributed by atoms with Crippen LogP contribution in [0.2, 0.25) is 25.7 Å². The van der Waals surface area contributed by atoms with E-state index in [1.165, 1.54) is 0 Å². The molecule has 0 saturated carbocycles. The van der Waals surface area contributed by atoms with Gasteiger partial charge in [0.15, 0.2) is 5.78 Å². The molecule has 0 bridgehead atoms. The lowest BCUT2D eigenvalue weighted by Gasteiger charge is -2.17. The smallest absolute Gasteiger partial charge is 0.195 e. The maximum atomic E-state index is 13.5. The van der Waals surface area contributed by atoms with E-state index in [9.17, 15) is 4.79 Å². The van der Waals surface area contributed by atoms with Crippen LogP contribution in [0.15, 0.2) is 61.2 Å². The summed E-state index contributed by atoms with van der Waals surface area (Å²) in [5.74, 6) is 0.710. The van der Waals surface area contributed by atoms with Gasteiger partial charge in [0.2, 0.25) is 0 Å². The Kier molecular flexibility index (Phi) is 7.56. The molecule has 3 heterocycles. The minimum Gasteiger partial charge on any atom is -0.495 e. The van der Waals surface area contributed by atoms with Gasteiger partial charge in [-0.3, -0.25) is 9.78 Å². The Bertz CT molecular complexity index is 1360. The number of carbonyl (C=O) groups excluding carboxylic acids is 1. The molecule has 4 aromatic rings. The van der Waals surface area contributed by atoms with Gasteiger partial charge in [0.25, 0.3) is 0 Å². The van der Waals surface area contributed by atoms with Gasteiger partial charge < -0.3 is 18.9 Å². The minimum atomic E-state index is -1.19. The lowest BCUT2D eigenvalue weighted by molar-refractivity contribution is 0.0896. The van der Waals surface area contributed by atoms with Crippen LogP contribution in [0.5, 0.6) is 5.75 Å². The van der Waals surface area contributed by atoms with Crippen LogP contribution in [0.25, 0.3) is 22.2 Å². The standard InChI is InChI=1S/C28H34N4O3Si/c1-31(2)25-8-7-21(16-26(25)34-3)22-15-23-24(27(33)20-9-11-29-12-10-20)18-32(28(23)30-17-22)19-35-13-14-36(4,5)6/h7-12,15-18H,13-14,19H2,1-6H3. The SMILES string of the molecule is COc1cc(-c2cnc3c(c2)c(C(=O)c2ccncc2)cn3COCC[Si](C)(C)C)ccc1N(C)C. The molecule has 0 aliphatic carbocycles. The molecule has 0 saturated heterocycles. The number of benzene rings is 1. The van der Waals surface area contributed by atoms with Gasteiger partial charge in [-0.25, -0.2) is 4.98 Å². The summed E-state index contributed by atoms with van der Waals surface area (Å²) in [6, 6.07) is 12.6. The number of pyridine rings is 2. The zero-order chi connectivity index (χ0) is 25.9. The van der Waals surface area contributed by atoms with E-state index in [1.807, 2.05) is 60.2 Å². The number of aromatic nitrogens is 3. The van der Waals surface area contributed by atoms with Crippen molar-refractivity contribution < 1.29 is 14.3 Å². The van der Waals surface area contributed by atoms with Crippen molar-refractivity contribution in [2.24, 2.45) is 0 Å². The highest BCUT2D eigenvalue weighted by molar-refractivity contribution is 6.76. The Morgan fingerprint density at radius 1 is 1.06 bits per heavy atom. The second kappa shape index (κ2) is 10.6. The van der Waals surface area contributed by atoms with Gasteiger partial charge >= 0.3 is 0 Å². The zero-order valence-corrected chi connectivity index (χ0v) is 22.9. The first-order valence-electron chi connectivity index (χ1n) is 12.0. The summed E-state index contributed by atoms with van der Waals surface area (Å²) >= 11 is 0. The maximum Gasteiger partial charge on any atom is 0.195 e. The predicted molar refractivity (Wildman–Crippen MR) is 148 cm³/mol. The predicted octanol–water partition coefficient (Wildman–Crippen LogP) is 5.72. The Balaban J connectivity index is 1.75. The van der Waals surface area contributed by atoms with Crippen LogP contribution in [-0.2, 0) is 11.5 Å². The molecular weight excluding hydrogens is 468 g/mol. The molecule has 0 unspecified atom stereocenters. The highest BCUT2D eigenvalue weighted by Gasteiger charge is 2.20. The van der Waals surface area contributed by atoms with Crippen LogP contribution in [0.4, 0.5) is 5.69 Å². The van der Waals surface area contributed by atoms with Crippen LogP contribution in [0.3, 0.4) is 0 Å². The van der Waals surface area contributed by atoms with Crippen molar-refractivity contribution in [1.82, 2.24) is 14.5 Å². The molecule has 8 heteroatoms. The van der Waals surface area contributed by atoms with E-state index in [4.69, 9.17) is 14.5 Å². The van der Waals surface area contributed by atoms with Crippen molar-refractivity contribution in [1.29, 1.82) is 0 Å². The third kappa shape index (κ3) is 5.66. The summed E-state index contributed by atoms with van der Waals surface area (Å²) in [6.45, 7) is 8.03. The molecule has 36 heavy (non-hydrogen) atoms. The number of ether oxygens (including phenoxy) is 2. The Labute approximate surface area is 213 Å². The van der Waals surface area contributed by atoms with E-state index in [0.717, 1.165) is 39.6 Å². The lowest BCUT2D eigenvalue weighted by atomic mass is 10.0. The van der Waals surface area contributed by atoms with Crippen LogP contribution in [0, 0.1) is 0 Å². The van der Waals surface area contributed by atoms with Crippen LogP contribution >= 0.6 is 0 Å². The fourth-order valence-electron chi connectivity index (χ4n) is 4.04. The monoisotopic (exact) mass is 502 g/mol. The number of ketones is 1. The van der Waals surface area contributed by atoms with Gasteiger partial charge in [0.1, 0.15) is 18.1 Å². The normalized spacial score (nSPS) is 11.6. The van der Waals surface area contributed by atoms with E-state index in [2.05, 4.69) is 24.6 Å². The first-order valence-corrected chi connectivity index (χ1v) is 15.8. The molecule has 1 aromatic carbocycles. The highest BCUT2D eigenvalue weighted by atomic mass is 28.3. The molecular formula is C28H34N4O3Si. The van der Waals surface area contributed by atoms with E-state index in [1.54, 1.807) is 31.6 Å². The van der Waals surface area contributed by atoms with Crippen LogP contribution in [0.1, 0.15) is 15.9 Å². The first kappa shape index (κ1) is 25.6. The molecule has 0 amide bonds. The number of hydrogen-bond donors (Lipinski definition) is 0. The van der Waals surface area contributed by atoms with Crippen LogP contribution in [-0.4, -0.2) is 56.2 Å². The molecule has 0 aliphatic rings. The van der Waals surface area contributed by atoms with Crippen molar-refractivity contribution in [2.45, 2.75) is 32.4 Å². The Hall–Kier alpha value is -3.49. The second-order valence-electron chi connectivity index (χ2n) is 10.3. The number of fused-ring (bicyclic) bond motifs is 1. The molecule has 188 valence electrons. The van der Waals surface area contributed by atoms with Crippen molar-refractivity contribution in [3.8, 4) is 16.9 Å². The largest absolute Gasteiger partial charge is 0.495 e. The summed E-state index contributed by atoms with van der Waals surface area (Å²) in [6.07, 6.45) is 6.96. The number of carbonyl (C=O) groups is 1. The molecule has 0 aliphatic heterocycles. The molecule has 0 N–H and O–H groups in total. The average molecular weight is 503 g/mol. The summed E-state index contributed by atoms with van der Waals surface area (Å²) in [7, 11) is 4.44. The highest BCUT2D eigenvalue weighted by Crippen LogP contribution is 2.34. The summed E-state index contributed by atoms with van der Waals surface area (Å²) in [5.41, 5.74) is 4.77. The van der Waals surface area contributed by atoms with Crippen LogP contribution < -0.4 is 9.64 Å². The number of hydrogen-bond acceptors (Lipinski definition) is 6. The van der Waals surface area contributed by atoms with E-state index >= 15 is 0 Å². The summed E-state index contributed by atoms with van der Waals surface area (Å²) in [4.78, 5) is 24.3. The van der Waals surface area contributed by atoms with Gasteiger partial charge in [-0.15, -0.1) is 0 Å². The quantitative estimate of drug-likeness (QED) is 0.157. The van der Waals surface area contributed by atoms with Crippen molar-refractivity contribution >= 4 is 30.6 Å². The average Bonchev–Trinajstić information content (AvgIpc) is 3.23. The molecule has 0 atom stereocenters. The van der Waals surface area contributed by atoms with Gasteiger partial charge in [-0.2, -0.15) is 0 Å². The first-order chi connectivity index (χ1) is 17.2. The molecule has 0 fully saturated rings. The topological polar surface area (TPSA) is 69.5 Å². The second-order valence-corrected chi connectivity index (χ2v) is 15.9. The summed E-state index contributed by atoms with van der Waals surface area (Å²) < 4.78 is 13.5. The number of methoxy groups -OCH3 is 1. The Morgan fingerprint density at radius 2 is 1.81 bits per heavy atom. The number of nitrogens with zero attached hydrogens (tertiary/aromatic N) is 4. The van der Waals surface area contributed by atoms with Gasteiger partial charge in [0, 0.05) is 75.6 Å². The van der Waals surface area contributed by atoms with Crippen molar-refractivity contribution in [3.63, 3.8) is 0 Å².